The van der Waals surface area contributed by atoms with E-state index in [-0.39, 0.29) is 28.9 Å². The van der Waals surface area contributed by atoms with E-state index in [1.807, 2.05) is 7.05 Å². The van der Waals surface area contributed by atoms with E-state index in [2.05, 4.69) is 5.32 Å². The minimum Gasteiger partial charge on any atom is -0.379 e. The highest BCUT2D eigenvalue weighted by Crippen LogP contribution is 2.32. The second kappa shape index (κ2) is 5.89. The number of hydrogen-bond donors (Lipinski definition) is 1. The van der Waals surface area contributed by atoms with Crippen LogP contribution in [-0.2, 0) is 19.4 Å². The summed E-state index contributed by atoms with van der Waals surface area (Å²) in [6.07, 6.45) is 4.10. The summed E-state index contributed by atoms with van der Waals surface area (Å²) >= 11 is 0. The first-order valence-electron chi connectivity index (χ1n) is 6.91. The van der Waals surface area contributed by atoms with Crippen LogP contribution in [-0.4, -0.2) is 52.0 Å². The average molecular weight is 289 g/mol. The van der Waals surface area contributed by atoms with Gasteiger partial charge in [-0.2, -0.15) is 0 Å². The molecule has 1 saturated carbocycles. The van der Waals surface area contributed by atoms with Crippen molar-refractivity contribution in [2.24, 2.45) is 11.8 Å². The van der Waals surface area contributed by atoms with Crippen LogP contribution in [0.25, 0.3) is 0 Å². The summed E-state index contributed by atoms with van der Waals surface area (Å²) in [5.41, 5.74) is 0. The molecule has 0 aromatic carbocycles. The molecule has 0 aromatic rings. The molecule has 1 saturated heterocycles. The molecule has 0 amide bonds. The first-order valence-corrected chi connectivity index (χ1v) is 8.86. The Morgan fingerprint density at radius 3 is 2.63 bits per heavy atom. The molecule has 1 aliphatic carbocycles. The van der Waals surface area contributed by atoms with Crippen LogP contribution in [0.5, 0.6) is 0 Å². The van der Waals surface area contributed by atoms with E-state index in [9.17, 15) is 13.2 Å². The molecular weight excluding hydrogens is 266 g/mol. The third kappa shape index (κ3) is 3.35. The van der Waals surface area contributed by atoms with Gasteiger partial charge in [0.15, 0.2) is 0 Å². The molecule has 1 N–H and O–H groups in total. The quantitative estimate of drug-likeness (QED) is 0.811. The minimum absolute atomic E-state index is 0.0751. The normalized spacial score (nSPS) is 36.3. The summed E-state index contributed by atoms with van der Waals surface area (Å²) in [4.78, 5) is 12.5. The number of sulfone groups is 1. The maximum Gasteiger partial charge on any atom is 0.150 e. The maximum absolute atomic E-state index is 12.5. The molecule has 110 valence electrons. The second-order valence-corrected chi connectivity index (χ2v) is 8.08. The van der Waals surface area contributed by atoms with Crippen molar-refractivity contribution in [3.8, 4) is 0 Å². The third-order valence-electron chi connectivity index (χ3n) is 4.45. The van der Waals surface area contributed by atoms with Gasteiger partial charge >= 0.3 is 0 Å². The number of hydrogen-bond acceptors (Lipinski definition) is 5. The van der Waals surface area contributed by atoms with Crippen LogP contribution in [0, 0.1) is 11.8 Å². The maximum atomic E-state index is 12.5. The molecule has 2 fully saturated rings. The Morgan fingerprint density at radius 2 is 2.00 bits per heavy atom. The fourth-order valence-corrected chi connectivity index (χ4v) is 4.39. The zero-order chi connectivity index (χ0) is 14.0. The van der Waals surface area contributed by atoms with Gasteiger partial charge in [-0.15, -0.1) is 0 Å². The second-order valence-electron chi connectivity index (χ2n) is 5.76. The molecule has 4 atom stereocenters. The molecule has 1 aliphatic heterocycles. The summed E-state index contributed by atoms with van der Waals surface area (Å²) in [7, 11) is -1.20. The van der Waals surface area contributed by atoms with Crippen LogP contribution < -0.4 is 5.32 Å². The highest BCUT2D eigenvalue weighted by atomic mass is 32.2. The van der Waals surface area contributed by atoms with Gasteiger partial charge in [-0.25, -0.2) is 8.42 Å². The van der Waals surface area contributed by atoms with Crippen LogP contribution in [0.4, 0.5) is 0 Å². The monoisotopic (exact) mass is 289 g/mol. The fraction of sp³-hybridized carbons (Fsp3) is 0.923. The highest BCUT2D eigenvalue weighted by molar-refractivity contribution is 7.91. The van der Waals surface area contributed by atoms with Crippen LogP contribution in [0.3, 0.4) is 0 Å². The van der Waals surface area contributed by atoms with Gasteiger partial charge in [0.2, 0.25) is 0 Å². The van der Waals surface area contributed by atoms with E-state index in [1.165, 1.54) is 6.26 Å². The van der Waals surface area contributed by atoms with Gasteiger partial charge in [0, 0.05) is 18.2 Å². The van der Waals surface area contributed by atoms with Crippen molar-refractivity contribution in [1.82, 2.24) is 5.32 Å². The third-order valence-corrected chi connectivity index (χ3v) is 6.09. The first kappa shape index (κ1) is 14.9. The van der Waals surface area contributed by atoms with E-state index >= 15 is 0 Å². The molecule has 19 heavy (non-hydrogen) atoms. The lowest BCUT2D eigenvalue weighted by Crippen LogP contribution is -2.41. The predicted molar refractivity (Wildman–Crippen MR) is 72.8 cm³/mol. The smallest absolute Gasteiger partial charge is 0.150 e. The highest BCUT2D eigenvalue weighted by Gasteiger charge is 2.39. The summed E-state index contributed by atoms with van der Waals surface area (Å²) < 4.78 is 28.7. The number of likely N-dealkylation sites (N-methyl/N-ethyl adjacent to an activating group) is 1. The zero-order valence-corrected chi connectivity index (χ0v) is 12.4. The standard InChI is InChI=1S/C13H23NO4S/c1-14-12-8-18-7-11(12)13(15)9-4-3-5-10(6-9)19(2,16)17/h9-12,14H,3-8H2,1-2H3. The average Bonchev–Trinajstić information content (AvgIpc) is 2.85. The zero-order valence-electron chi connectivity index (χ0n) is 11.6. The predicted octanol–water partition coefficient (Wildman–Crippen LogP) is 0.393. The molecule has 0 spiro atoms. The molecule has 2 aliphatic rings. The van der Waals surface area contributed by atoms with E-state index in [0.717, 1.165) is 12.8 Å². The first-order chi connectivity index (χ1) is 8.93. The van der Waals surface area contributed by atoms with Crippen molar-refractivity contribution < 1.29 is 17.9 Å². The van der Waals surface area contributed by atoms with E-state index in [1.54, 1.807) is 0 Å². The van der Waals surface area contributed by atoms with Gasteiger partial charge in [0.25, 0.3) is 0 Å². The number of carbonyl (C=O) groups excluding carboxylic acids is 1. The summed E-state index contributed by atoms with van der Waals surface area (Å²) in [5, 5.41) is 2.77. The Balaban J connectivity index is 2.03. The van der Waals surface area contributed by atoms with Gasteiger partial charge in [0.1, 0.15) is 15.6 Å². The van der Waals surface area contributed by atoms with Crippen LogP contribution in [0.2, 0.25) is 0 Å². The van der Waals surface area contributed by atoms with Crippen molar-refractivity contribution >= 4 is 15.6 Å². The van der Waals surface area contributed by atoms with Crippen LogP contribution >= 0.6 is 0 Å². The lowest BCUT2D eigenvalue weighted by molar-refractivity contribution is -0.128. The van der Waals surface area contributed by atoms with Gasteiger partial charge < -0.3 is 10.1 Å². The summed E-state index contributed by atoms with van der Waals surface area (Å²) in [6.45, 7) is 1.03. The number of ether oxygens (including phenoxy) is 1. The Kier molecular flexibility index (Phi) is 4.63. The molecule has 6 heteroatoms. The van der Waals surface area contributed by atoms with Crippen LogP contribution in [0.15, 0.2) is 0 Å². The molecule has 0 aromatic heterocycles. The Bertz CT molecular complexity index is 434. The van der Waals surface area contributed by atoms with Crippen LogP contribution in [0.1, 0.15) is 25.7 Å². The van der Waals surface area contributed by atoms with E-state index in [0.29, 0.717) is 26.1 Å². The fourth-order valence-electron chi connectivity index (χ4n) is 3.21. The number of Topliss-reactive ketones (excluding diaryl/α,β-unsaturated/α-hetero) is 1. The SMILES string of the molecule is CNC1COCC1C(=O)C1CCCC(S(C)(=O)=O)C1. The Hall–Kier alpha value is -0.460. The van der Waals surface area contributed by atoms with Gasteiger partial charge in [-0.1, -0.05) is 6.42 Å². The van der Waals surface area contributed by atoms with Crippen molar-refractivity contribution in [3.05, 3.63) is 0 Å². The summed E-state index contributed by atoms with van der Waals surface area (Å²) in [5.74, 6) is -0.0467. The minimum atomic E-state index is -3.03. The lowest BCUT2D eigenvalue weighted by atomic mass is 9.80. The number of ketones is 1. The van der Waals surface area contributed by atoms with E-state index < -0.39 is 9.84 Å². The van der Waals surface area contributed by atoms with Crippen molar-refractivity contribution in [3.63, 3.8) is 0 Å². The topological polar surface area (TPSA) is 72.5 Å². The van der Waals surface area contributed by atoms with Gasteiger partial charge in [0.05, 0.1) is 24.4 Å². The van der Waals surface area contributed by atoms with Gasteiger partial charge in [-0.05, 0) is 26.3 Å². The molecule has 0 radical (unpaired) electrons. The Labute approximate surface area is 115 Å². The van der Waals surface area contributed by atoms with Crippen molar-refractivity contribution in [2.75, 3.05) is 26.5 Å². The lowest BCUT2D eigenvalue weighted by Gasteiger charge is -2.29. The summed E-state index contributed by atoms with van der Waals surface area (Å²) in [6, 6.07) is 0.0751. The molecule has 1 heterocycles. The largest absolute Gasteiger partial charge is 0.379 e. The molecule has 2 rings (SSSR count). The van der Waals surface area contributed by atoms with E-state index in [4.69, 9.17) is 4.74 Å². The number of nitrogens with one attached hydrogen (secondary N) is 1. The van der Waals surface area contributed by atoms with Crippen molar-refractivity contribution in [2.45, 2.75) is 37.0 Å². The van der Waals surface area contributed by atoms with Crippen molar-refractivity contribution in [1.29, 1.82) is 0 Å². The molecule has 5 nitrogen and oxygen atoms in total. The number of rotatable bonds is 4. The van der Waals surface area contributed by atoms with Gasteiger partial charge in [-0.3, -0.25) is 4.79 Å². The molecule has 0 bridgehead atoms. The molecular formula is C13H23NO4S. The number of carbonyl (C=O) groups is 1. The molecule has 4 unspecified atom stereocenters. The Morgan fingerprint density at radius 1 is 1.26 bits per heavy atom.